The third-order valence-electron chi connectivity index (χ3n) is 5.57. The van der Waals surface area contributed by atoms with Crippen LogP contribution in [0.3, 0.4) is 0 Å². The number of H-pyrrole nitrogens is 2. The maximum absolute atomic E-state index is 5.32. The summed E-state index contributed by atoms with van der Waals surface area (Å²) in [6.45, 7) is 0. The summed E-state index contributed by atoms with van der Waals surface area (Å²) in [7, 11) is 1.67. The number of rotatable bonds is 2. The summed E-state index contributed by atoms with van der Waals surface area (Å²) in [6, 6.07) is 24.5. The van der Waals surface area contributed by atoms with Crippen LogP contribution in [0, 0.1) is 0 Å². The zero-order valence-corrected chi connectivity index (χ0v) is 19.0. The predicted octanol–water partition coefficient (Wildman–Crippen LogP) is 6.08. The van der Waals surface area contributed by atoms with Crippen LogP contribution in [0.25, 0.3) is 45.9 Å². The van der Waals surface area contributed by atoms with Gasteiger partial charge in [0.05, 0.1) is 29.9 Å². The summed E-state index contributed by atoms with van der Waals surface area (Å²) < 4.78 is 5.32. The number of methoxy groups -OCH3 is 1. The Bertz CT molecular complexity index is 1560. The number of ether oxygens (including phenoxy) is 1. The van der Waals surface area contributed by atoms with Gasteiger partial charge >= 0.3 is 0 Å². The van der Waals surface area contributed by atoms with Crippen LogP contribution in [-0.2, 0) is 17.1 Å². The predicted molar refractivity (Wildman–Crippen MR) is 130 cm³/mol. The normalized spacial score (nSPS) is 12.2. The van der Waals surface area contributed by atoms with Crippen molar-refractivity contribution in [1.82, 2.24) is 19.9 Å². The molecule has 0 saturated carbocycles. The van der Waals surface area contributed by atoms with Gasteiger partial charge in [0.25, 0.3) is 0 Å². The van der Waals surface area contributed by atoms with Crippen LogP contribution in [0.5, 0.6) is 5.75 Å². The van der Waals surface area contributed by atoms with Gasteiger partial charge in [-0.05, 0) is 84.5 Å². The number of nitrogens with zero attached hydrogens (tertiary/aromatic N) is 2. The van der Waals surface area contributed by atoms with Crippen LogP contribution in [0.4, 0.5) is 0 Å². The van der Waals surface area contributed by atoms with Gasteiger partial charge in [-0.3, -0.25) is 0 Å². The standard InChI is InChI=1S/C27H20N4O.Mn/c1-32-25-10-2-17(3-11-25)26-15-24-14-22-7-6-20(29-22)12-18-4-5-19(28-18)13-21-8-9-23(30-21)16-27(26)31-24;/h2-16,28-29H,1H3;. The Hall–Kier alpha value is -3.86. The molecule has 3 aromatic heterocycles. The second-order valence-corrected chi connectivity index (χ2v) is 7.82. The summed E-state index contributed by atoms with van der Waals surface area (Å²) in [6.07, 6.45) is 6.16. The fraction of sp³-hybridized carbons (Fsp3) is 0.0370. The summed E-state index contributed by atoms with van der Waals surface area (Å²) in [5.41, 5.74) is 9.78. The first kappa shape index (κ1) is 21.0. The number of hydrogen-bond acceptors (Lipinski definition) is 3. The van der Waals surface area contributed by atoms with E-state index in [1.54, 1.807) is 7.11 Å². The Balaban J connectivity index is 0.00000228. The molecule has 2 aliphatic rings. The topological polar surface area (TPSA) is 66.6 Å². The molecular weight excluding hydrogens is 451 g/mol. The Morgan fingerprint density at radius 2 is 1.21 bits per heavy atom. The van der Waals surface area contributed by atoms with E-state index in [1.165, 1.54) is 0 Å². The molecule has 2 aliphatic heterocycles. The van der Waals surface area contributed by atoms with Crippen molar-refractivity contribution in [2.75, 3.05) is 7.11 Å². The molecule has 0 saturated heterocycles. The molecule has 5 nitrogen and oxygen atoms in total. The van der Waals surface area contributed by atoms with Gasteiger partial charge in [0.2, 0.25) is 0 Å². The molecule has 33 heavy (non-hydrogen) atoms. The molecule has 1 radical (unpaired) electrons. The van der Waals surface area contributed by atoms with Crippen LogP contribution >= 0.6 is 0 Å². The van der Waals surface area contributed by atoms with E-state index in [-0.39, 0.29) is 17.1 Å². The SMILES string of the molecule is COc1ccc(C2=Cc3cc4ccc(cc5ccc(cc6nc(cc2n3)C=C6)[nH]5)[nH]4)cc1.[Mn]. The molecule has 0 amide bonds. The summed E-state index contributed by atoms with van der Waals surface area (Å²) in [5, 5.41) is 0. The van der Waals surface area contributed by atoms with E-state index >= 15 is 0 Å². The summed E-state index contributed by atoms with van der Waals surface area (Å²) >= 11 is 0. The average Bonchev–Trinajstić information content (AvgIpc) is 3.59. The van der Waals surface area contributed by atoms with Crippen molar-refractivity contribution in [1.29, 1.82) is 0 Å². The minimum absolute atomic E-state index is 0. The van der Waals surface area contributed by atoms with Crippen molar-refractivity contribution >= 4 is 45.9 Å². The van der Waals surface area contributed by atoms with Crippen molar-refractivity contribution in [2.45, 2.75) is 0 Å². The van der Waals surface area contributed by atoms with Crippen molar-refractivity contribution < 1.29 is 21.8 Å². The van der Waals surface area contributed by atoms with Crippen LogP contribution in [0.1, 0.15) is 28.3 Å². The second kappa shape index (κ2) is 8.58. The molecular formula is C27H20MnN4O. The van der Waals surface area contributed by atoms with Gasteiger partial charge in [-0.2, -0.15) is 0 Å². The number of benzene rings is 1. The molecule has 0 spiro atoms. The smallest absolute Gasteiger partial charge is 0.118 e. The van der Waals surface area contributed by atoms with E-state index in [0.717, 1.165) is 61.7 Å². The van der Waals surface area contributed by atoms with Crippen molar-refractivity contribution in [3.05, 3.63) is 101 Å². The fourth-order valence-electron chi connectivity index (χ4n) is 4.02. The minimum Gasteiger partial charge on any atom is -0.497 e. The number of hydrogen-bond donors (Lipinski definition) is 2. The minimum atomic E-state index is 0. The zero-order valence-electron chi connectivity index (χ0n) is 17.8. The average molecular weight is 471 g/mol. The molecule has 0 fully saturated rings. The van der Waals surface area contributed by atoms with Crippen LogP contribution in [0.15, 0.2) is 72.8 Å². The number of aromatic nitrogens is 4. The number of nitrogens with one attached hydrogen (secondary N) is 2. The van der Waals surface area contributed by atoms with Crippen LogP contribution < -0.4 is 4.74 Å². The Morgan fingerprint density at radius 3 is 1.85 bits per heavy atom. The zero-order chi connectivity index (χ0) is 21.5. The van der Waals surface area contributed by atoms with Crippen molar-refractivity contribution in [3.8, 4) is 5.75 Å². The Kier molecular flexibility index (Phi) is 5.46. The van der Waals surface area contributed by atoms with E-state index in [2.05, 4.69) is 64.6 Å². The summed E-state index contributed by atoms with van der Waals surface area (Å²) in [5.74, 6) is 0.830. The van der Waals surface area contributed by atoms with Gasteiger partial charge in [-0.1, -0.05) is 12.1 Å². The van der Waals surface area contributed by atoms with Crippen LogP contribution in [0.2, 0.25) is 0 Å². The first-order chi connectivity index (χ1) is 15.7. The molecule has 6 heteroatoms. The Labute approximate surface area is 201 Å². The Morgan fingerprint density at radius 1 is 0.636 bits per heavy atom. The van der Waals surface area contributed by atoms with E-state index in [1.807, 2.05) is 36.4 Å². The molecule has 4 aromatic rings. The first-order valence-corrected chi connectivity index (χ1v) is 10.4. The quantitative estimate of drug-likeness (QED) is 0.301. The number of fused-ring (bicyclic) bond motifs is 8. The molecule has 0 aliphatic carbocycles. The monoisotopic (exact) mass is 471 g/mol. The molecule has 0 atom stereocenters. The van der Waals surface area contributed by atoms with Gasteiger partial charge in [0.1, 0.15) is 5.75 Å². The van der Waals surface area contributed by atoms with Crippen LogP contribution in [-0.4, -0.2) is 27.0 Å². The molecule has 1 aromatic carbocycles. The van der Waals surface area contributed by atoms with E-state index in [0.29, 0.717) is 0 Å². The third kappa shape index (κ3) is 4.27. The van der Waals surface area contributed by atoms with E-state index in [9.17, 15) is 0 Å². The second-order valence-electron chi connectivity index (χ2n) is 7.82. The fourth-order valence-corrected chi connectivity index (χ4v) is 4.02. The summed E-state index contributed by atoms with van der Waals surface area (Å²) in [4.78, 5) is 16.5. The molecule has 2 N–H and O–H groups in total. The maximum Gasteiger partial charge on any atom is 0.118 e. The molecule has 161 valence electrons. The number of aromatic amines is 2. The van der Waals surface area contributed by atoms with Gasteiger partial charge in [-0.15, -0.1) is 0 Å². The van der Waals surface area contributed by atoms with Crippen molar-refractivity contribution in [3.63, 3.8) is 0 Å². The maximum atomic E-state index is 5.32. The third-order valence-corrected chi connectivity index (χ3v) is 5.57. The van der Waals surface area contributed by atoms with Gasteiger partial charge in [-0.25, -0.2) is 9.97 Å². The first-order valence-electron chi connectivity index (χ1n) is 10.4. The largest absolute Gasteiger partial charge is 0.497 e. The molecule has 6 rings (SSSR count). The van der Waals surface area contributed by atoms with Gasteiger partial charge in [0.15, 0.2) is 0 Å². The molecule has 8 bridgehead atoms. The molecule has 0 unspecified atom stereocenters. The van der Waals surface area contributed by atoms with E-state index < -0.39 is 0 Å². The van der Waals surface area contributed by atoms with Gasteiger partial charge < -0.3 is 14.7 Å². The van der Waals surface area contributed by atoms with E-state index in [4.69, 9.17) is 14.7 Å². The molecule has 5 heterocycles. The van der Waals surface area contributed by atoms with Gasteiger partial charge in [0, 0.05) is 44.7 Å². The van der Waals surface area contributed by atoms with Crippen molar-refractivity contribution in [2.24, 2.45) is 0 Å².